The van der Waals surface area contributed by atoms with E-state index in [0.717, 1.165) is 10.3 Å². The Labute approximate surface area is 166 Å². The second-order valence-corrected chi connectivity index (χ2v) is 7.25. The highest BCUT2D eigenvalue weighted by atomic mass is 79.9. The smallest absolute Gasteiger partial charge is 0.318 e. The van der Waals surface area contributed by atoms with E-state index < -0.39 is 6.04 Å². The van der Waals surface area contributed by atoms with Crippen molar-refractivity contribution in [3.05, 3.63) is 53.1 Å². The average Bonchev–Trinajstić information content (AvgIpc) is 2.68. The Morgan fingerprint density at radius 1 is 1.11 bits per heavy atom. The molecule has 0 radical (unpaired) electrons. The molecule has 142 valence electrons. The number of urea groups is 1. The summed E-state index contributed by atoms with van der Waals surface area (Å²) < 4.78 is 0.878. The first-order chi connectivity index (χ1) is 13.0. The average molecular weight is 432 g/mol. The molecular formula is C19H22BrN5O2. The number of halogens is 1. The van der Waals surface area contributed by atoms with Gasteiger partial charge in [0, 0.05) is 42.5 Å². The van der Waals surface area contributed by atoms with Crippen molar-refractivity contribution in [2.45, 2.75) is 13.0 Å². The molecule has 3 rings (SSSR count). The third-order valence-corrected chi connectivity index (χ3v) is 4.86. The van der Waals surface area contributed by atoms with Crippen LogP contribution in [0.1, 0.15) is 6.92 Å². The lowest BCUT2D eigenvalue weighted by Crippen LogP contribution is -2.54. The standard InChI is InChI=1S/C19H22BrN5O2/c1-14(18(26)23-16-6-4-5-15(20)13-16)22-19(27)25-11-9-24(10-12-25)17-7-2-3-8-21-17/h2-8,13-14H,9-12H2,1H3,(H,22,27)(H,23,26). The highest BCUT2D eigenvalue weighted by Gasteiger charge is 2.24. The highest BCUT2D eigenvalue weighted by molar-refractivity contribution is 9.10. The fourth-order valence-corrected chi connectivity index (χ4v) is 3.24. The van der Waals surface area contributed by atoms with Crippen LogP contribution in [0.5, 0.6) is 0 Å². The summed E-state index contributed by atoms with van der Waals surface area (Å²) in [5.74, 6) is 0.660. The van der Waals surface area contributed by atoms with E-state index in [1.54, 1.807) is 24.1 Å². The minimum Gasteiger partial charge on any atom is -0.353 e. The van der Waals surface area contributed by atoms with Crippen LogP contribution in [-0.2, 0) is 4.79 Å². The van der Waals surface area contributed by atoms with Gasteiger partial charge in [-0.2, -0.15) is 0 Å². The number of pyridine rings is 1. The van der Waals surface area contributed by atoms with Crippen molar-refractivity contribution in [3.63, 3.8) is 0 Å². The van der Waals surface area contributed by atoms with E-state index in [1.165, 1.54) is 0 Å². The van der Waals surface area contributed by atoms with Crippen LogP contribution in [0.4, 0.5) is 16.3 Å². The Balaban J connectivity index is 1.48. The van der Waals surface area contributed by atoms with Gasteiger partial charge < -0.3 is 20.4 Å². The quantitative estimate of drug-likeness (QED) is 0.779. The van der Waals surface area contributed by atoms with Gasteiger partial charge in [-0.25, -0.2) is 9.78 Å². The number of anilines is 2. The zero-order valence-electron chi connectivity index (χ0n) is 15.1. The van der Waals surface area contributed by atoms with Gasteiger partial charge in [0.25, 0.3) is 0 Å². The maximum absolute atomic E-state index is 12.5. The van der Waals surface area contributed by atoms with Crippen molar-refractivity contribution in [1.82, 2.24) is 15.2 Å². The lowest BCUT2D eigenvalue weighted by Gasteiger charge is -2.35. The van der Waals surface area contributed by atoms with Crippen molar-refractivity contribution in [2.75, 3.05) is 36.4 Å². The molecule has 1 unspecified atom stereocenters. The number of piperazine rings is 1. The maximum atomic E-state index is 12.5. The van der Waals surface area contributed by atoms with Gasteiger partial charge in [0.1, 0.15) is 11.9 Å². The Bertz CT molecular complexity index is 794. The van der Waals surface area contributed by atoms with Crippen LogP contribution >= 0.6 is 15.9 Å². The lowest BCUT2D eigenvalue weighted by molar-refractivity contribution is -0.117. The molecule has 0 bridgehead atoms. The van der Waals surface area contributed by atoms with Crippen LogP contribution in [0.2, 0.25) is 0 Å². The molecule has 1 fully saturated rings. The van der Waals surface area contributed by atoms with E-state index in [-0.39, 0.29) is 11.9 Å². The Morgan fingerprint density at radius 2 is 1.89 bits per heavy atom. The fraction of sp³-hybridized carbons (Fsp3) is 0.316. The molecule has 27 heavy (non-hydrogen) atoms. The van der Waals surface area contributed by atoms with Crippen molar-refractivity contribution < 1.29 is 9.59 Å². The first kappa shape index (κ1) is 19.2. The van der Waals surface area contributed by atoms with E-state index in [9.17, 15) is 9.59 Å². The minimum absolute atomic E-state index is 0.229. The number of nitrogens with one attached hydrogen (secondary N) is 2. The normalized spacial score (nSPS) is 15.2. The Hall–Kier alpha value is -2.61. The summed E-state index contributed by atoms with van der Waals surface area (Å²) in [6, 6.07) is 12.3. The molecule has 1 aliphatic heterocycles. The van der Waals surface area contributed by atoms with Gasteiger partial charge in [-0.15, -0.1) is 0 Å². The number of carbonyl (C=O) groups is 2. The van der Waals surface area contributed by atoms with E-state index in [1.807, 2.05) is 36.4 Å². The number of aromatic nitrogens is 1. The summed E-state index contributed by atoms with van der Waals surface area (Å²) >= 11 is 3.37. The van der Waals surface area contributed by atoms with Gasteiger partial charge in [-0.1, -0.05) is 28.1 Å². The van der Waals surface area contributed by atoms with E-state index in [2.05, 4.69) is 36.4 Å². The molecule has 1 saturated heterocycles. The monoisotopic (exact) mass is 431 g/mol. The number of hydrogen-bond acceptors (Lipinski definition) is 4. The molecule has 1 atom stereocenters. The van der Waals surface area contributed by atoms with Gasteiger partial charge in [0.05, 0.1) is 0 Å². The van der Waals surface area contributed by atoms with Gasteiger partial charge in [-0.3, -0.25) is 4.79 Å². The van der Waals surface area contributed by atoms with Crippen molar-refractivity contribution >= 4 is 39.4 Å². The van der Waals surface area contributed by atoms with E-state index in [4.69, 9.17) is 0 Å². The summed E-state index contributed by atoms with van der Waals surface area (Å²) in [5, 5.41) is 5.57. The summed E-state index contributed by atoms with van der Waals surface area (Å²) in [5.41, 5.74) is 0.680. The number of rotatable bonds is 4. The molecule has 0 aliphatic carbocycles. The van der Waals surface area contributed by atoms with Gasteiger partial charge >= 0.3 is 6.03 Å². The van der Waals surface area contributed by atoms with Crippen LogP contribution in [0.25, 0.3) is 0 Å². The SMILES string of the molecule is CC(NC(=O)N1CCN(c2ccccn2)CC1)C(=O)Nc1cccc(Br)c1. The topological polar surface area (TPSA) is 77.6 Å². The van der Waals surface area contributed by atoms with E-state index in [0.29, 0.717) is 31.9 Å². The molecule has 1 aromatic carbocycles. The first-order valence-electron chi connectivity index (χ1n) is 8.81. The van der Waals surface area contributed by atoms with Crippen LogP contribution in [0, 0.1) is 0 Å². The van der Waals surface area contributed by atoms with Crippen LogP contribution in [0.3, 0.4) is 0 Å². The number of benzene rings is 1. The maximum Gasteiger partial charge on any atom is 0.318 e. The predicted molar refractivity (Wildman–Crippen MR) is 109 cm³/mol. The molecule has 1 aliphatic rings. The van der Waals surface area contributed by atoms with Crippen molar-refractivity contribution in [1.29, 1.82) is 0 Å². The zero-order valence-corrected chi connectivity index (χ0v) is 16.6. The molecule has 0 spiro atoms. The third kappa shape index (κ3) is 5.19. The second-order valence-electron chi connectivity index (χ2n) is 6.33. The fourth-order valence-electron chi connectivity index (χ4n) is 2.84. The number of amides is 3. The molecule has 1 aromatic heterocycles. The second kappa shape index (κ2) is 8.85. The Kier molecular flexibility index (Phi) is 6.28. The summed E-state index contributed by atoms with van der Waals surface area (Å²) in [7, 11) is 0. The molecule has 0 saturated carbocycles. The first-order valence-corrected chi connectivity index (χ1v) is 9.60. The van der Waals surface area contributed by atoms with Crippen LogP contribution in [0.15, 0.2) is 53.1 Å². The lowest BCUT2D eigenvalue weighted by atomic mass is 10.2. The molecule has 8 heteroatoms. The van der Waals surface area contributed by atoms with Crippen molar-refractivity contribution in [3.8, 4) is 0 Å². The van der Waals surface area contributed by atoms with Gasteiger partial charge in [-0.05, 0) is 37.3 Å². The summed E-state index contributed by atoms with van der Waals surface area (Å²) in [4.78, 5) is 33.0. The molecule has 2 N–H and O–H groups in total. The third-order valence-electron chi connectivity index (χ3n) is 4.37. The van der Waals surface area contributed by atoms with E-state index >= 15 is 0 Å². The predicted octanol–water partition coefficient (Wildman–Crippen LogP) is 2.70. The largest absolute Gasteiger partial charge is 0.353 e. The summed E-state index contributed by atoms with van der Waals surface area (Å²) in [6.07, 6.45) is 1.76. The molecule has 7 nitrogen and oxygen atoms in total. The Morgan fingerprint density at radius 3 is 2.56 bits per heavy atom. The van der Waals surface area contributed by atoms with Crippen molar-refractivity contribution in [2.24, 2.45) is 0 Å². The number of carbonyl (C=O) groups excluding carboxylic acids is 2. The van der Waals surface area contributed by atoms with Gasteiger partial charge in [0.15, 0.2) is 0 Å². The number of hydrogen-bond donors (Lipinski definition) is 2. The summed E-state index contributed by atoms with van der Waals surface area (Å²) in [6.45, 7) is 4.27. The molecular weight excluding hydrogens is 410 g/mol. The van der Waals surface area contributed by atoms with Crippen LogP contribution in [-0.4, -0.2) is 54.0 Å². The zero-order chi connectivity index (χ0) is 19.2. The molecule has 2 aromatic rings. The molecule has 2 heterocycles. The number of nitrogens with zero attached hydrogens (tertiary/aromatic N) is 3. The van der Waals surface area contributed by atoms with Gasteiger partial charge in [0.2, 0.25) is 5.91 Å². The molecule has 3 amide bonds. The highest BCUT2D eigenvalue weighted by Crippen LogP contribution is 2.16. The minimum atomic E-state index is -0.634. The van der Waals surface area contributed by atoms with Crippen LogP contribution < -0.4 is 15.5 Å².